The van der Waals surface area contributed by atoms with Crippen LogP contribution in [-0.4, -0.2) is 46.5 Å². The van der Waals surface area contributed by atoms with E-state index in [0.29, 0.717) is 0 Å². The fourth-order valence-electron chi connectivity index (χ4n) is 2.36. The molecule has 0 saturated carbocycles. The molecule has 0 saturated heterocycles. The summed E-state index contributed by atoms with van der Waals surface area (Å²) in [5, 5.41) is 0. The van der Waals surface area contributed by atoms with Gasteiger partial charge in [0.15, 0.2) is 0 Å². The standard InChI is InChI=1S/C16H26N4O/c1-14-6-7-15(21-14)12-20(10-5-9-18(2)3)13-16-17-8-11-19(16)4/h6-8,11H,5,9-10,12-13H2,1-4H3. The Hall–Kier alpha value is -1.59. The van der Waals surface area contributed by atoms with Gasteiger partial charge >= 0.3 is 0 Å². The normalized spacial score (nSPS) is 11.7. The zero-order chi connectivity index (χ0) is 15.2. The summed E-state index contributed by atoms with van der Waals surface area (Å²) < 4.78 is 7.79. The summed E-state index contributed by atoms with van der Waals surface area (Å²) in [6.07, 6.45) is 4.98. The minimum absolute atomic E-state index is 0.828. The molecule has 0 radical (unpaired) electrons. The molecule has 0 aliphatic rings. The molecule has 0 spiro atoms. The molecule has 0 fully saturated rings. The Balaban J connectivity index is 1.97. The molecule has 21 heavy (non-hydrogen) atoms. The molecule has 0 bridgehead atoms. The SMILES string of the molecule is Cc1ccc(CN(CCCN(C)C)Cc2nccn2C)o1. The van der Waals surface area contributed by atoms with Crippen molar-refractivity contribution < 1.29 is 4.42 Å². The molecule has 0 aromatic carbocycles. The number of aromatic nitrogens is 2. The van der Waals surface area contributed by atoms with Gasteiger partial charge in [0.05, 0.1) is 13.1 Å². The molecular weight excluding hydrogens is 264 g/mol. The Kier molecular flexibility index (Phi) is 5.59. The van der Waals surface area contributed by atoms with Gasteiger partial charge in [-0.15, -0.1) is 0 Å². The predicted molar refractivity (Wildman–Crippen MR) is 83.9 cm³/mol. The van der Waals surface area contributed by atoms with E-state index < -0.39 is 0 Å². The highest BCUT2D eigenvalue weighted by Gasteiger charge is 2.12. The van der Waals surface area contributed by atoms with Crippen LogP contribution in [0.4, 0.5) is 0 Å². The van der Waals surface area contributed by atoms with E-state index in [1.54, 1.807) is 0 Å². The minimum Gasteiger partial charge on any atom is -0.465 e. The Labute approximate surface area is 127 Å². The largest absolute Gasteiger partial charge is 0.465 e. The van der Waals surface area contributed by atoms with Gasteiger partial charge in [-0.2, -0.15) is 0 Å². The fraction of sp³-hybridized carbons (Fsp3) is 0.562. The molecule has 5 heteroatoms. The third kappa shape index (κ3) is 5.02. The van der Waals surface area contributed by atoms with E-state index in [-0.39, 0.29) is 0 Å². The summed E-state index contributed by atoms with van der Waals surface area (Å²) in [4.78, 5) is 9.04. The van der Waals surface area contributed by atoms with Crippen LogP contribution in [0.15, 0.2) is 28.9 Å². The van der Waals surface area contributed by atoms with Crippen molar-refractivity contribution in [2.45, 2.75) is 26.4 Å². The van der Waals surface area contributed by atoms with E-state index >= 15 is 0 Å². The van der Waals surface area contributed by atoms with Crippen molar-refractivity contribution in [2.24, 2.45) is 7.05 Å². The van der Waals surface area contributed by atoms with Crippen molar-refractivity contribution in [1.29, 1.82) is 0 Å². The van der Waals surface area contributed by atoms with Crippen molar-refractivity contribution in [3.05, 3.63) is 41.9 Å². The van der Waals surface area contributed by atoms with Crippen molar-refractivity contribution in [3.8, 4) is 0 Å². The van der Waals surface area contributed by atoms with Gasteiger partial charge in [0.2, 0.25) is 0 Å². The van der Waals surface area contributed by atoms with Crippen LogP contribution in [0.5, 0.6) is 0 Å². The van der Waals surface area contributed by atoms with Gasteiger partial charge in [0.25, 0.3) is 0 Å². The van der Waals surface area contributed by atoms with Gasteiger partial charge in [-0.1, -0.05) is 0 Å². The number of furan rings is 1. The molecule has 0 amide bonds. The molecule has 2 heterocycles. The summed E-state index contributed by atoms with van der Waals surface area (Å²) in [6.45, 7) is 5.78. The quantitative estimate of drug-likeness (QED) is 0.747. The predicted octanol–water partition coefficient (Wildman–Crippen LogP) is 2.28. The van der Waals surface area contributed by atoms with Gasteiger partial charge in [0, 0.05) is 26.0 Å². The molecule has 2 aromatic heterocycles. The molecule has 5 nitrogen and oxygen atoms in total. The zero-order valence-corrected chi connectivity index (χ0v) is 13.5. The van der Waals surface area contributed by atoms with Crippen LogP contribution in [0.1, 0.15) is 23.8 Å². The number of aryl methyl sites for hydroxylation is 2. The molecule has 0 unspecified atom stereocenters. The third-order valence-corrected chi connectivity index (χ3v) is 3.54. The van der Waals surface area contributed by atoms with E-state index in [1.807, 2.05) is 32.4 Å². The maximum atomic E-state index is 5.71. The van der Waals surface area contributed by atoms with Crippen LogP contribution in [0.25, 0.3) is 0 Å². The second-order valence-corrected chi connectivity index (χ2v) is 5.83. The number of rotatable bonds is 8. The highest BCUT2D eigenvalue weighted by Crippen LogP contribution is 2.12. The van der Waals surface area contributed by atoms with Gasteiger partial charge in [0.1, 0.15) is 17.3 Å². The lowest BCUT2D eigenvalue weighted by atomic mass is 10.3. The van der Waals surface area contributed by atoms with Crippen molar-refractivity contribution in [2.75, 3.05) is 27.2 Å². The summed E-state index contributed by atoms with van der Waals surface area (Å²) in [5.41, 5.74) is 0. The Morgan fingerprint density at radius 2 is 2.00 bits per heavy atom. The van der Waals surface area contributed by atoms with Gasteiger partial charge in [-0.05, 0) is 46.1 Å². The third-order valence-electron chi connectivity index (χ3n) is 3.54. The zero-order valence-electron chi connectivity index (χ0n) is 13.5. The monoisotopic (exact) mass is 290 g/mol. The van der Waals surface area contributed by atoms with E-state index in [1.165, 1.54) is 0 Å². The second kappa shape index (κ2) is 7.43. The van der Waals surface area contributed by atoms with Gasteiger partial charge in [-0.25, -0.2) is 4.98 Å². The van der Waals surface area contributed by atoms with Crippen LogP contribution in [0.2, 0.25) is 0 Å². The highest BCUT2D eigenvalue weighted by molar-refractivity contribution is 5.05. The second-order valence-electron chi connectivity index (χ2n) is 5.83. The molecule has 0 N–H and O–H groups in total. The molecule has 2 aromatic rings. The summed E-state index contributed by atoms with van der Waals surface area (Å²) >= 11 is 0. The van der Waals surface area contributed by atoms with E-state index in [4.69, 9.17) is 4.42 Å². The lowest BCUT2D eigenvalue weighted by Crippen LogP contribution is -2.27. The van der Waals surface area contributed by atoms with E-state index in [0.717, 1.165) is 49.9 Å². The smallest absolute Gasteiger partial charge is 0.122 e. The number of hydrogen-bond acceptors (Lipinski definition) is 4. The summed E-state index contributed by atoms with van der Waals surface area (Å²) in [6, 6.07) is 4.08. The number of hydrogen-bond donors (Lipinski definition) is 0. The lowest BCUT2D eigenvalue weighted by molar-refractivity contribution is 0.214. The molecule has 2 rings (SSSR count). The molecule has 0 atom stereocenters. The summed E-state index contributed by atoms with van der Waals surface area (Å²) in [5.74, 6) is 3.07. The van der Waals surface area contributed by atoms with E-state index in [9.17, 15) is 0 Å². The first-order valence-corrected chi connectivity index (χ1v) is 7.43. The maximum Gasteiger partial charge on any atom is 0.122 e. The minimum atomic E-state index is 0.828. The molecule has 0 aliphatic heterocycles. The Morgan fingerprint density at radius 1 is 1.19 bits per heavy atom. The van der Waals surface area contributed by atoms with Gasteiger partial charge in [-0.3, -0.25) is 4.90 Å². The first kappa shape index (κ1) is 15.8. The lowest BCUT2D eigenvalue weighted by Gasteiger charge is -2.22. The topological polar surface area (TPSA) is 37.4 Å². The average molecular weight is 290 g/mol. The van der Waals surface area contributed by atoms with Crippen LogP contribution >= 0.6 is 0 Å². The van der Waals surface area contributed by atoms with Crippen LogP contribution in [0.3, 0.4) is 0 Å². The number of imidazole rings is 1. The molecule has 116 valence electrons. The molecule has 0 aliphatic carbocycles. The van der Waals surface area contributed by atoms with Crippen molar-refractivity contribution in [3.63, 3.8) is 0 Å². The maximum absolute atomic E-state index is 5.71. The Bertz CT molecular complexity index is 544. The summed E-state index contributed by atoms with van der Waals surface area (Å²) in [7, 11) is 6.26. The molecular formula is C16H26N4O. The van der Waals surface area contributed by atoms with Gasteiger partial charge < -0.3 is 13.9 Å². The van der Waals surface area contributed by atoms with Crippen LogP contribution in [-0.2, 0) is 20.1 Å². The highest BCUT2D eigenvalue weighted by atomic mass is 16.3. The van der Waals surface area contributed by atoms with Crippen molar-refractivity contribution >= 4 is 0 Å². The van der Waals surface area contributed by atoms with Crippen LogP contribution < -0.4 is 0 Å². The Morgan fingerprint density at radius 3 is 2.57 bits per heavy atom. The first-order chi connectivity index (χ1) is 10.0. The average Bonchev–Trinajstić information content (AvgIpc) is 2.99. The van der Waals surface area contributed by atoms with E-state index in [2.05, 4.69) is 39.5 Å². The number of nitrogens with zero attached hydrogens (tertiary/aromatic N) is 4. The first-order valence-electron chi connectivity index (χ1n) is 7.43. The van der Waals surface area contributed by atoms with Crippen molar-refractivity contribution in [1.82, 2.24) is 19.4 Å². The fourth-order valence-corrected chi connectivity index (χ4v) is 2.36. The van der Waals surface area contributed by atoms with Crippen LogP contribution in [0, 0.1) is 6.92 Å².